The summed E-state index contributed by atoms with van der Waals surface area (Å²) in [6.07, 6.45) is 4.78. The first-order valence-electron chi connectivity index (χ1n) is 8.88. The summed E-state index contributed by atoms with van der Waals surface area (Å²) in [7, 11) is -4.19. The van der Waals surface area contributed by atoms with E-state index in [2.05, 4.69) is 5.92 Å². The van der Waals surface area contributed by atoms with Crippen LogP contribution in [0.5, 0.6) is 0 Å². The molecular formula is C23H17NO4S. The monoisotopic (exact) mass is 403 g/mol. The number of aryl methyl sites for hydroxylation is 1. The Morgan fingerprint density at radius 1 is 0.931 bits per heavy atom. The molecule has 0 radical (unpaired) electrons. The van der Waals surface area contributed by atoms with Crippen LogP contribution in [0.2, 0.25) is 0 Å². The lowest BCUT2D eigenvalue weighted by Crippen LogP contribution is -2.48. The van der Waals surface area contributed by atoms with E-state index in [1.54, 1.807) is 60.7 Å². The fraction of sp³-hybridized carbons (Fsp3) is 0.0870. The molecule has 1 aliphatic rings. The van der Waals surface area contributed by atoms with E-state index in [9.17, 15) is 13.2 Å². The third kappa shape index (κ3) is 2.87. The zero-order chi connectivity index (χ0) is 20.6. The molecule has 1 unspecified atom stereocenters. The van der Waals surface area contributed by atoms with Crippen molar-refractivity contribution in [1.82, 2.24) is 0 Å². The zero-order valence-electron chi connectivity index (χ0n) is 15.6. The van der Waals surface area contributed by atoms with Crippen molar-refractivity contribution in [3.63, 3.8) is 0 Å². The topological polar surface area (TPSA) is 63.7 Å². The zero-order valence-corrected chi connectivity index (χ0v) is 16.4. The first kappa shape index (κ1) is 18.8. The molecule has 0 fully saturated rings. The Morgan fingerprint density at radius 3 is 2.21 bits per heavy atom. The Morgan fingerprint density at radius 2 is 1.55 bits per heavy atom. The molecule has 0 bridgehead atoms. The fourth-order valence-electron chi connectivity index (χ4n) is 3.40. The largest absolute Gasteiger partial charge is 0.430 e. The van der Waals surface area contributed by atoms with Crippen molar-refractivity contribution < 1.29 is 17.9 Å². The Bertz CT molecular complexity index is 1230. The number of benzene rings is 3. The standard InChI is InChI=1S/C23H17NO4S/c1-3-23(18-9-5-4-6-10-18)20-11-7-8-12-21(20)24(22(25)28-23)29(26,27)19-15-13-17(2)14-16-19/h1,4-16H,2H3. The van der Waals surface area contributed by atoms with Crippen LogP contribution in [0.25, 0.3) is 0 Å². The molecule has 0 spiro atoms. The predicted octanol–water partition coefficient (Wildman–Crippen LogP) is 4.22. The van der Waals surface area contributed by atoms with E-state index in [-0.39, 0.29) is 10.6 Å². The molecule has 5 nitrogen and oxygen atoms in total. The van der Waals surface area contributed by atoms with E-state index >= 15 is 0 Å². The molecular weight excluding hydrogens is 386 g/mol. The van der Waals surface area contributed by atoms with Crippen molar-refractivity contribution in [2.24, 2.45) is 0 Å². The van der Waals surface area contributed by atoms with Gasteiger partial charge in [0.1, 0.15) is 0 Å². The van der Waals surface area contributed by atoms with Gasteiger partial charge >= 0.3 is 6.09 Å². The molecule has 0 saturated carbocycles. The van der Waals surface area contributed by atoms with Crippen LogP contribution in [0.3, 0.4) is 0 Å². The summed E-state index contributed by atoms with van der Waals surface area (Å²) in [6, 6.07) is 21.7. The molecule has 1 heterocycles. The van der Waals surface area contributed by atoms with Crippen LogP contribution in [0, 0.1) is 19.3 Å². The summed E-state index contributed by atoms with van der Waals surface area (Å²) >= 11 is 0. The highest BCUT2D eigenvalue weighted by atomic mass is 32.2. The molecule has 6 heteroatoms. The van der Waals surface area contributed by atoms with Gasteiger partial charge in [0, 0.05) is 11.1 Å². The van der Waals surface area contributed by atoms with E-state index in [1.165, 1.54) is 12.1 Å². The molecule has 0 N–H and O–H groups in total. The summed E-state index contributed by atoms with van der Waals surface area (Å²) in [5.41, 5.74) is 0.528. The second-order valence-electron chi connectivity index (χ2n) is 6.66. The number of amides is 1. The highest BCUT2D eigenvalue weighted by molar-refractivity contribution is 7.93. The van der Waals surface area contributed by atoms with Crippen LogP contribution < -0.4 is 4.31 Å². The maximum Gasteiger partial charge on any atom is 0.430 e. The molecule has 0 aliphatic carbocycles. The van der Waals surface area contributed by atoms with Gasteiger partial charge in [-0.3, -0.25) is 0 Å². The number of hydrogen-bond donors (Lipinski definition) is 0. The van der Waals surface area contributed by atoms with Crippen LogP contribution >= 0.6 is 0 Å². The van der Waals surface area contributed by atoms with Gasteiger partial charge in [-0.25, -0.2) is 13.2 Å². The van der Waals surface area contributed by atoms with E-state index in [0.29, 0.717) is 15.4 Å². The Balaban J connectivity index is 1.94. The average molecular weight is 403 g/mol. The van der Waals surface area contributed by atoms with E-state index in [0.717, 1.165) is 5.56 Å². The van der Waals surface area contributed by atoms with Crippen molar-refractivity contribution in [2.45, 2.75) is 17.4 Å². The minimum absolute atomic E-state index is 0.0113. The van der Waals surface area contributed by atoms with E-state index < -0.39 is 21.7 Å². The maximum absolute atomic E-state index is 13.3. The maximum atomic E-state index is 13.3. The molecule has 29 heavy (non-hydrogen) atoms. The van der Waals surface area contributed by atoms with Gasteiger partial charge in [0.2, 0.25) is 5.60 Å². The molecule has 144 valence electrons. The third-order valence-corrected chi connectivity index (χ3v) is 6.55. The van der Waals surface area contributed by atoms with Gasteiger partial charge in [0.15, 0.2) is 0 Å². The molecule has 1 atom stereocenters. The second-order valence-corrected chi connectivity index (χ2v) is 8.45. The highest BCUT2D eigenvalue weighted by Crippen LogP contribution is 2.44. The minimum atomic E-state index is -4.19. The first-order chi connectivity index (χ1) is 13.9. The van der Waals surface area contributed by atoms with E-state index in [4.69, 9.17) is 11.2 Å². The molecule has 0 aromatic heterocycles. The number of para-hydroxylation sites is 1. The number of ether oxygens (including phenoxy) is 1. The third-order valence-electron chi connectivity index (χ3n) is 4.85. The number of nitrogens with zero attached hydrogens (tertiary/aromatic N) is 1. The second kappa shape index (κ2) is 6.80. The number of carbonyl (C=O) groups excluding carboxylic acids is 1. The van der Waals surface area contributed by atoms with Gasteiger partial charge in [-0.05, 0) is 31.0 Å². The van der Waals surface area contributed by atoms with Crippen LogP contribution in [-0.4, -0.2) is 14.5 Å². The van der Waals surface area contributed by atoms with Gasteiger partial charge in [-0.1, -0.05) is 66.2 Å². The predicted molar refractivity (Wildman–Crippen MR) is 110 cm³/mol. The number of rotatable bonds is 3. The smallest absolute Gasteiger partial charge is 0.420 e. The summed E-state index contributed by atoms with van der Waals surface area (Å²) in [4.78, 5) is 13.0. The van der Waals surface area contributed by atoms with Gasteiger partial charge in [-0.2, -0.15) is 4.31 Å². The first-order valence-corrected chi connectivity index (χ1v) is 10.3. The number of cyclic esters (lactones) is 1. The summed E-state index contributed by atoms with van der Waals surface area (Å²) in [5.74, 6) is 2.58. The van der Waals surface area contributed by atoms with Gasteiger partial charge in [0.25, 0.3) is 10.0 Å². The summed E-state index contributed by atoms with van der Waals surface area (Å²) < 4.78 is 32.9. The lowest BCUT2D eigenvalue weighted by Gasteiger charge is -2.39. The van der Waals surface area contributed by atoms with Crippen LogP contribution in [0.1, 0.15) is 16.7 Å². The van der Waals surface area contributed by atoms with Crippen molar-refractivity contribution in [3.05, 3.63) is 95.6 Å². The van der Waals surface area contributed by atoms with Crippen molar-refractivity contribution in [2.75, 3.05) is 4.31 Å². The van der Waals surface area contributed by atoms with Crippen LogP contribution in [0.15, 0.2) is 83.8 Å². The van der Waals surface area contributed by atoms with Gasteiger partial charge in [-0.15, -0.1) is 6.42 Å². The van der Waals surface area contributed by atoms with Crippen molar-refractivity contribution in [1.29, 1.82) is 0 Å². The lowest BCUT2D eigenvalue weighted by molar-refractivity contribution is 0.0819. The molecule has 1 aliphatic heterocycles. The lowest BCUT2D eigenvalue weighted by atomic mass is 9.85. The average Bonchev–Trinajstić information content (AvgIpc) is 2.73. The van der Waals surface area contributed by atoms with Crippen LogP contribution in [-0.2, 0) is 20.4 Å². The molecule has 0 saturated heterocycles. The molecule has 4 rings (SSSR count). The number of sulfonamides is 1. The fourth-order valence-corrected chi connectivity index (χ4v) is 4.74. The highest BCUT2D eigenvalue weighted by Gasteiger charge is 2.49. The van der Waals surface area contributed by atoms with Gasteiger partial charge in [0.05, 0.1) is 10.6 Å². The summed E-state index contributed by atoms with van der Waals surface area (Å²) in [6.45, 7) is 1.85. The summed E-state index contributed by atoms with van der Waals surface area (Å²) in [5, 5.41) is 0. The molecule has 3 aromatic rings. The number of carbonyl (C=O) groups is 1. The van der Waals surface area contributed by atoms with Crippen LogP contribution in [0.4, 0.5) is 10.5 Å². The van der Waals surface area contributed by atoms with E-state index in [1.807, 2.05) is 13.0 Å². The van der Waals surface area contributed by atoms with Gasteiger partial charge < -0.3 is 4.74 Å². The number of anilines is 1. The SMILES string of the molecule is C#CC1(c2ccccc2)OC(=O)N(S(=O)(=O)c2ccc(C)cc2)c2ccccc21. The molecule has 3 aromatic carbocycles. The van der Waals surface area contributed by atoms with Crippen molar-refractivity contribution in [3.8, 4) is 12.3 Å². The number of fused-ring (bicyclic) bond motifs is 1. The minimum Gasteiger partial charge on any atom is -0.420 e. The Labute approximate surface area is 169 Å². The number of hydrogen-bond acceptors (Lipinski definition) is 4. The van der Waals surface area contributed by atoms with Crippen molar-refractivity contribution >= 4 is 21.8 Å². The Kier molecular flexibility index (Phi) is 4.40. The molecule has 1 amide bonds. The quantitative estimate of drug-likeness (QED) is 0.615. The Hall–Kier alpha value is -3.56. The number of terminal acetylenes is 1. The normalized spacial score (nSPS) is 18.5.